The third-order valence-corrected chi connectivity index (χ3v) is 10.9. The Kier molecular flexibility index (Phi) is 7.78. The molecule has 0 saturated carbocycles. The summed E-state index contributed by atoms with van der Waals surface area (Å²) < 4.78 is 0. The molecule has 1 heteroatoms. The lowest BCUT2D eigenvalue weighted by atomic mass is 9.81. The molecule has 0 heterocycles. The van der Waals surface area contributed by atoms with E-state index in [-0.39, 0.29) is 0 Å². The first kappa shape index (κ1) is 31.7. The van der Waals surface area contributed by atoms with Crippen LogP contribution in [-0.2, 0) is 0 Å². The van der Waals surface area contributed by atoms with E-state index in [1.165, 1.54) is 82.0 Å². The van der Waals surface area contributed by atoms with Gasteiger partial charge in [-0.05, 0) is 126 Å². The molecule has 10 rings (SSSR count). The molecule has 0 aliphatic carbocycles. The van der Waals surface area contributed by atoms with E-state index in [9.17, 15) is 0 Å². The summed E-state index contributed by atoms with van der Waals surface area (Å²) in [5, 5.41) is 9.97. The van der Waals surface area contributed by atoms with Crippen molar-refractivity contribution in [1.82, 2.24) is 0 Å². The van der Waals surface area contributed by atoms with Gasteiger partial charge in [-0.1, -0.05) is 169 Å². The molecule has 10 aromatic rings. The van der Waals surface area contributed by atoms with Crippen LogP contribution in [0.2, 0.25) is 0 Å². The highest BCUT2D eigenvalue weighted by molar-refractivity contribution is 6.33. The molecule has 0 unspecified atom stereocenters. The standard InChI is InChI=1S/C53H37N/c1-36-25-28-42(29-26-36)54(43-30-27-37-15-11-12-22-41(37)33-43)44-31-32-47-50(34-44)45-23-13-14-24-46(45)52-49(39-18-7-3-8-19-39)35-48(38-16-5-2-6-17-38)51(53(47)52)40-20-9-4-10-21-40/h2-35H,1H3. The lowest BCUT2D eigenvalue weighted by Gasteiger charge is -2.27. The predicted octanol–water partition coefficient (Wildman–Crippen LogP) is 15.1. The van der Waals surface area contributed by atoms with Crippen LogP contribution in [0.15, 0.2) is 206 Å². The van der Waals surface area contributed by atoms with Crippen molar-refractivity contribution in [3.05, 3.63) is 212 Å². The molecule has 254 valence electrons. The van der Waals surface area contributed by atoms with Gasteiger partial charge in [0.2, 0.25) is 0 Å². The lowest BCUT2D eigenvalue weighted by molar-refractivity contribution is 1.29. The summed E-state index contributed by atoms with van der Waals surface area (Å²) in [6, 6.07) is 75.5. The number of aryl methyl sites for hydroxylation is 1. The molecule has 0 N–H and O–H groups in total. The Balaban J connectivity index is 1.35. The monoisotopic (exact) mass is 687 g/mol. The van der Waals surface area contributed by atoms with E-state index < -0.39 is 0 Å². The quantitative estimate of drug-likeness (QED) is 0.157. The van der Waals surface area contributed by atoms with Crippen LogP contribution in [-0.4, -0.2) is 0 Å². The summed E-state index contributed by atoms with van der Waals surface area (Å²) in [5.41, 5.74) is 12.0. The number of nitrogens with zero attached hydrogens (tertiary/aromatic N) is 1. The summed E-state index contributed by atoms with van der Waals surface area (Å²) in [4.78, 5) is 2.40. The predicted molar refractivity (Wildman–Crippen MR) is 232 cm³/mol. The second-order valence-electron chi connectivity index (χ2n) is 14.2. The minimum atomic E-state index is 1.12. The molecular formula is C53H37N. The maximum atomic E-state index is 2.43. The molecule has 10 aromatic carbocycles. The number of hydrogen-bond donors (Lipinski definition) is 0. The van der Waals surface area contributed by atoms with E-state index in [1.54, 1.807) is 0 Å². The Morgan fingerprint density at radius 3 is 1.54 bits per heavy atom. The fourth-order valence-electron chi connectivity index (χ4n) is 8.33. The van der Waals surface area contributed by atoms with Crippen molar-refractivity contribution >= 4 is 60.2 Å². The molecule has 0 bridgehead atoms. The minimum absolute atomic E-state index is 1.12. The first-order valence-electron chi connectivity index (χ1n) is 18.7. The summed E-state index contributed by atoms with van der Waals surface area (Å²) in [7, 11) is 0. The van der Waals surface area contributed by atoms with Crippen LogP contribution in [0.3, 0.4) is 0 Å². The Labute approximate surface area is 316 Å². The highest BCUT2D eigenvalue weighted by Gasteiger charge is 2.23. The van der Waals surface area contributed by atoms with Gasteiger partial charge in [-0.2, -0.15) is 0 Å². The zero-order valence-corrected chi connectivity index (χ0v) is 30.1. The summed E-state index contributed by atoms with van der Waals surface area (Å²) in [6.07, 6.45) is 0. The lowest BCUT2D eigenvalue weighted by Crippen LogP contribution is -2.10. The van der Waals surface area contributed by atoms with Crippen LogP contribution in [0.5, 0.6) is 0 Å². The Morgan fingerprint density at radius 2 is 0.833 bits per heavy atom. The van der Waals surface area contributed by atoms with E-state index in [0.717, 1.165) is 17.1 Å². The molecule has 0 amide bonds. The van der Waals surface area contributed by atoms with Gasteiger partial charge in [0.1, 0.15) is 0 Å². The largest absolute Gasteiger partial charge is 0.310 e. The average Bonchev–Trinajstić information content (AvgIpc) is 3.24. The normalized spacial score (nSPS) is 11.4. The Bertz CT molecular complexity index is 2970. The van der Waals surface area contributed by atoms with Gasteiger partial charge in [-0.3, -0.25) is 0 Å². The topological polar surface area (TPSA) is 3.24 Å². The van der Waals surface area contributed by atoms with Crippen molar-refractivity contribution in [2.24, 2.45) is 0 Å². The zero-order chi connectivity index (χ0) is 36.0. The highest BCUT2D eigenvalue weighted by atomic mass is 15.1. The number of benzene rings is 10. The van der Waals surface area contributed by atoms with E-state index in [2.05, 4.69) is 218 Å². The molecule has 0 aliphatic rings. The van der Waals surface area contributed by atoms with Gasteiger partial charge >= 0.3 is 0 Å². The molecule has 0 aliphatic heterocycles. The number of fused-ring (bicyclic) bond motifs is 7. The van der Waals surface area contributed by atoms with Crippen molar-refractivity contribution in [2.75, 3.05) is 4.90 Å². The molecule has 1 nitrogen and oxygen atoms in total. The average molecular weight is 688 g/mol. The van der Waals surface area contributed by atoms with E-state index in [1.807, 2.05) is 0 Å². The van der Waals surface area contributed by atoms with Crippen LogP contribution in [0, 0.1) is 6.92 Å². The second kappa shape index (κ2) is 13.2. The molecular weight excluding hydrogens is 651 g/mol. The van der Waals surface area contributed by atoms with Gasteiger partial charge in [0.05, 0.1) is 0 Å². The first-order chi connectivity index (χ1) is 26.7. The van der Waals surface area contributed by atoms with E-state index in [0.29, 0.717) is 0 Å². The van der Waals surface area contributed by atoms with Crippen LogP contribution < -0.4 is 4.90 Å². The summed E-state index contributed by atoms with van der Waals surface area (Å²) >= 11 is 0. The first-order valence-corrected chi connectivity index (χ1v) is 18.7. The van der Waals surface area contributed by atoms with Gasteiger partial charge in [0.25, 0.3) is 0 Å². The number of anilines is 3. The molecule has 54 heavy (non-hydrogen) atoms. The fourth-order valence-corrected chi connectivity index (χ4v) is 8.33. The van der Waals surface area contributed by atoms with Gasteiger partial charge in [-0.25, -0.2) is 0 Å². The smallest absolute Gasteiger partial charge is 0.0468 e. The third kappa shape index (κ3) is 5.41. The number of hydrogen-bond acceptors (Lipinski definition) is 1. The minimum Gasteiger partial charge on any atom is -0.310 e. The summed E-state index contributed by atoms with van der Waals surface area (Å²) in [5.74, 6) is 0. The van der Waals surface area contributed by atoms with Crippen LogP contribution in [0.25, 0.3) is 76.5 Å². The Hall–Kier alpha value is -6.96. The van der Waals surface area contributed by atoms with Gasteiger partial charge in [0.15, 0.2) is 0 Å². The molecule has 0 fully saturated rings. The van der Waals surface area contributed by atoms with Crippen molar-refractivity contribution < 1.29 is 0 Å². The van der Waals surface area contributed by atoms with Crippen molar-refractivity contribution in [1.29, 1.82) is 0 Å². The van der Waals surface area contributed by atoms with E-state index in [4.69, 9.17) is 0 Å². The zero-order valence-electron chi connectivity index (χ0n) is 30.1. The molecule has 0 aromatic heterocycles. The van der Waals surface area contributed by atoms with Gasteiger partial charge in [0, 0.05) is 17.1 Å². The van der Waals surface area contributed by atoms with Crippen LogP contribution in [0.1, 0.15) is 5.56 Å². The van der Waals surface area contributed by atoms with Crippen LogP contribution in [0.4, 0.5) is 17.1 Å². The molecule has 0 spiro atoms. The van der Waals surface area contributed by atoms with E-state index >= 15 is 0 Å². The Morgan fingerprint density at radius 1 is 0.315 bits per heavy atom. The van der Waals surface area contributed by atoms with Crippen molar-refractivity contribution in [3.8, 4) is 33.4 Å². The van der Waals surface area contributed by atoms with Crippen molar-refractivity contribution in [3.63, 3.8) is 0 Å². The second-order valence-corrected chi connectivity index (χ2v) is 14.2. The molecule has 0 saturated heterocycles. The SMILES string of the molecule is Cc1ccc(N(c2ccc3ccccc3c2)c2ccc3c(c2)c2ccccc2c2c(-c4ccccc4)cc(-c4ccccc4)c(-c4ccccc4)c32)cc1. The third-order valence-electron chi connectivity index (χ3n) is 10.9. The van der Waals surface area contributed by atoms with Crippen LogP contribution >= 0.6 is 0 Å². The fraction of sp³-hybridized carbons (Fsp3) is 0.0189. The molecule has 0 atom stereocenters. The maximum absolute atomic E-state index is 2.43. The maximum Gasteiger partial charge on any atom is 0.0468 e. The van der Waals surface area contributed by atoms with Gasteiger partial charge < -0.3 is 4.90 Å². The number of rotatable bonds is 6. The molecule has 0 radical (unpaired) electrons. The summed E-state index contributed by atoms with van der Waals surface area (Å²) in [6.45, 7) is 2.15. The van der Waals surface area contributed by atoms with Crippen molar-refractivity contribution in [2.45, 2.75) is 6.92 Å². The van der Waals surface area contributed by atoms with Gasteiger partial charge in [-0.15, -0.1) is 0 Å². The highest BCUT2D eigenvalue weighted by Crippen LogP contribution is 2.50.